The summed E-state index contributed by atoms with van der Waals surface area (Å²) in [5.41, 5.74) is 4.82. The van der Waals surface area contributed by atoms with Crippen molar-refractivity contribution in [3.63, 3.8) is 0 Å². The lowest BCUT2D eigenvalue weighted by atomic mass is 10.3. The van der Waals surface area contributed by atoms with Crippen molar-refractivity contribution < 1.29 is 31.4 Å². The van der Waals surface area contributed by atoms with Crippen LogP contribution in [-0.2, 0) is 22.2 Å². The lowest BCUT2D eigenvalue weighted by Gasteiger charge is -2.11. The molecule has 3 aromatic rings. The summed E-state index contributed by atoms with van der Waals surface area (Å²) in [5.74, 6) is 0.860. The number of nitrogens with one attached hydrogen (secondary N) is 3. The van der Waals surface area contributed by atoms with Gasteiger partial charge in [-0.3, -0.25) is 10.9 Å². The molecule has 3 rings (SSSR count). The zero-order valence-electron chi connectivity index (χ0n) is 20.1. The maximum absolute atomic E-state index is 12.3. The Hall–Kier alpha value is -4.42. The SMILES string of the molecule is CS(=O)Oc1nc(C#N)cnc1NNC(=O)NCCCCOc1ccc(S(=O)Oc2ccc(O)cc2)cc1. The van der Waals surface area contributed by atoms with E-state index in [0.29, 0.717) is 42.4 Å². The normalized spacial score (nSPS) is 11.9. The Morgan fingerprint density at radius 3 is 2.45 bits per heavy atom. The first-order chi connectivity index (χ1) is 18.3. The summed E-state index contributed by atoms with van der Waals surface area (Å²) in [6, 6.07) is 13.8. The van der Waals surface area contributed by atoms with Gasteiger partial charge in [0.15, 0.2) is 5.69 Å². The van der Waals surface area contributed by atoms with E-state index in [-0.39, 0.29) is 23.1 Å². The first-order valence-corrected chi connectivity index (χ1v) is 13.6. The third-order valence-electron chi connectivity index (χ3n) is 4.50. The molecule has 0 aliphatic rings. The van der Waals surface area contributed by atoms with Crippen LogP contribution in [0.25, 0.3) is 0 Å². The molecule has 0 saturated carbocycles. The summed E-state index contributed by atoms with van der Waals surface area (Å²) in [5, 5.41) is 20.8. The van der Waals surface area contributed by atoms with E-state index < -0.39 is 28.2 Å². The van der Waals surface area contributed by atoms with Gasteiger partial charge in [-0.15, -0.1) is 0 Å². The van der Waals surface area contributed by atoms with E-state index in [1.165, 1.54) is 36.7 Å². The van der Waals surface area contributed by atoms with Crippen molar-refractivity contribution in [2.45, 2.75) is 17.7 Å². The summed E-state index contributed by atoms with van der Waals surface area (Å²) in [6.45, 7) is 0.772. The maximum Gasteiger partial charge on any atom is 0.333 e. The highest BCUT2D eigenvalue weighted by molar-refractivity contribution is 7.80. The van der Waals surface area contributed by atoms with E-state index in [0.717, 1.165) is 0 Å². The fraction of sp³-hybridized carbons (Fsp3) is 0.217. The van der Waals surface area contributed by atoms with Crippen LogP contribution in [0.5, 0.6) is 23.1 Å². The average Bonchev–Trinajstić information content (AvgIpc) is 2.91. The molecule has 2 atom stereocenters. The number of benzene rings is 2. The van der Waals surface area contributed by atoms with Gasteiger partial charge in [0.2, 0.25) is 28.0 Å². The van der Waals surface area contributed by atoms with Crippen LogP contribution in [0.4, 0.5) is 10.6 Å². The largest absolute Gasteiger partial charge is 0.508 e. The number of hydrogen-bond donors (Lipinski definition) is 4. The number of nitrogens with zero attached hydrogens (tertiary/aromatic N) is 3. The molecule has 0 radical (unpaired) electrons. The number of ether oxygens (including phenoxy) is 1. The second-order valence-electron chi connectivity index (χ2n) is 7.35. The van der Waals surface area contributed by atoms with Gasteiger partial charge in [0.25, 0.3) is 5.88 Å². The third kappa shape index (κ3) is 9.22. The zero-order chi connectivity index (χ0) is 27.3. The van der Waals surface area contributed by atoms with Crippen LogP contribution >= 0.6 is 0 Å². The van der Waals surface area contributed by atoms with Gasteiger partial charge in [-0.05, 0) is 61.4 Å². The molecule has 2 unspecified atom stereocenters. The molecule has 38 heavy (non-hydrogen) atoms. The number of hydrazine groups is 1. The highest BCUT2D eigenvalue weighted by Gasteiger charge is 2.12. The third-order valence-corrected chi connectivity index (χ3v) is 5.89. The maximum atomic E-state index is 12.3. The number of urea groups is 1. The highest BCUT2D eigenvalue weighted by atomic mass is 32.2. The average molecular weight is 561 g/mol. The predicted octanol–water partition coefficient (Wildman–Crippen LogP) is 2.31. The minimum atomic E-state index is -1.71. The molecule has 0 aliphatic heterocycles. The van der Waals surface area contributed by atoms with Crippen molar-refractivity contribution in [2.75, 3.05) is 24.8 Å². The molecular weight excluding hydrogens is 536 g/mol. The summed E-state index contributed by atoms with van der Waals surface area (Å²) in [4.78, 5) is 20.2. The molecule has 13 nitrogen and oxygen atoms in total. The number of anilines is 1. The molecular formula is C23H24N6O7S2. The number of carbonyl (C=O) groups is 1. The Balaban J connectivity index is 1.32. The van der Waals surface area contributed by atoms with E-state index in [1.807, 2.05) is 0 Å². The first-order valence-electron chi connectivity index (χ1n) is 11.0. The van der Waals surface area contributed by atoms with Gasteiger partial charge in [-0.2, -0.15) is 10.2 Å². The molecule has 1 heterocycles. The number of hydrogen-bond acceptors (Lipinski definition) is 11. The van der Waals surface area contributed by atoms with Crippen LogP contribution in [0.3, 0.4) is 0 Å². The van der Waals surface area contributed by atoms with Crippen LogP contribution in [-0.4, -0.2) is 48.9 Å². The van der Waals surface area contributed by atoms with Gasteiger partial charge in [-0.1, -0.05) is 0 Å². The molecule has 0 saturated heterocycles. The summed E-state index contributed by atoms with van der Waals surface area (Å²) >= 11 is -3.42. The predicted molar refractivity (Wildman–Crippen MR) is 138 cm³/mol. The first kappa shape index (κ1) is 28.2. The molecule has 200 valence electrons. The van der Waals surface area contributed by atoms with Crippen molar-refractivity contribution in [1.29, 1.82) is 5.26 Å². The number of aromatic hydroxyl groups is 1. The van der Waals surface area contributed by atoms with Crippen LogP contribution in [0.2, 0.25) is 0 Å². The minimum Gasteiger partial charge on any atom is -0.508 e. The number of aromatic nitrogens is 2. The Labute approximate surface area is 223 Å². The molecule has 0 spiro atoms. The summed E-state index contributed by atoms with van der Waals surface area (Å²) in [6.07, 6.45) is 3.75. The molecule has 0 bridgehead atoms. The van der Waals surface area contributed by atoms with Crippen molar-refractivity contribution in [3.05, 3.63) is 60.4 Å². The van der Waals surface area contributed by atoms with Gasteiger partial charge in [0.05, 0.1) is 17.7 Å². The Morgan fingerprint density at radius 2 is 1.76 bits per heavy atom. The zero-order valence-corrected chi connectivity index (χ0v) is 21.7. The van der Waals surface area contributed by atoms with Gasteiger partial charge >= 0.3 is 6.03 Å². The van der Waals surface area contributed by atoms with E-state index in [1.54, 1.807) is 30.3 Å². The molecule has 15 heteroatoms. The molecule has 4 N–H and O–H groups in total. The van der Waals surface area contributed by atoms with E-state index in [9.17, 15) is 18.3 Å². The lowest BCUT2D eigenvalue weighted by molar-refractivity contribution is 0.241. The highest BCUT2D eigenvalue weighted by Crippen LogP contribution is 2.21. The minimum absolute atomic E-state index is 0.00971. The number of rotatable bonds is 13. The van der Waals surface area contributed by atoms with Crippen molar-refractivity contribution in [3.8, 4) is 29.2 Å². The topological polar surface area (TPSA) is 185 Å². The number of phenols is 1. The Kier molecular flexibility index (Phi) is 10.6. The van der Waals surface area contributed by atoms with Gasteiger partial charge in [0.1, 0.15) is 23.3 Å². The van der Waals surface area contributed by atoms with Gasteiger partial charge < -0.3 is 23.5 Å². The smallest absolute Gasteiger partial charge is 0.333 e. The molecule has 1 aromatic heterocycles. The van der Waals surface area contributed by atoms with Gasteiger partial charge in [-0.25, -0.2) is 18.2 Å². The summed E-state index contributed by atoms with van der Waals surface area (Å²) < 4.78 is 39.6. The number of carbonyl (C=O) groups excluding carboxylic acids is 1. The number of nitriles is 1. The monoisotopic (exact) mass is 560 g/mol. The number of phenolic OH excluding ortho intramolecular Hbond substituents is 1. The molecule has 0 aliphatic carbocycles. The quantitative estimate of drug-likeness (QED) is 0.178. The fourth-order valence-electron chi connectivity index (χ4n) is 2.74. The second kappa shape index (κ2) is 14.4. The Morgan fingerprint density at radius 1 is 1.05 bits per heavy atom. The van der Waals surface area contributed by atoms with Crippen LogP contribution in [0, 0.1) is 11.3 Å². The second-order valence-corrected chi connectivity index (χ2v) is 9.43. The molecule has 0 fully saturated rings. The van der Waals surface area contributed by atoms with Crippen LogP contribution < -0.4 is 29.3 Å². The van der Waals surface area contributed by atoms with Crippen LogP contribution in [0.1, 0.15) is 18.5 Å². The van der Waals surface area contributed by atoms with Gasteiger partial charge in [0, 0.05) is 12.8 Å². The van der Waals surface area contributed by atoms with Crippen molar-refractivity contribution in [1.82, 2.24) is 20.7 Å². The van der Waals surface area contributed by atoms with E-state index >= 15 is 0 Å². The van der Waals surface area contributed by atoms with E-state index in [4.69, 9.17) is 18.4 Å². The van der Waals surface area contributed by atoms with Crippen molar-refractivity contribution >= 4 is 34.0 Å². The van der Waals surface area contributed by atoms with Crippen molar-refractivity contribution in [2.24, 2.45) is 0 Å². The number of amides is 2. The Bertz CT molecular complexity index is 1320. The molecule has 2 aromatic carbocycles. The summed E-state index contributed by atoms with van der Waals surface area (Å²) in [7, 11) is 0. The fourth-order valence-corrected chi connectivity index (χ4v) is 3.82. The lowest BCUT2D eigenvalue weighted by Crippen LogP contribution is -2.39. The standard InChI is InChI=1S/C23H24N6O7S2/c1-37(32)36-22-21(26-15-16(14-24)27-22)28-29-23(31)25-12-2-3-13-34-18-8-10-20(11-9-18)38(33)35-19-6-4-17(30)5-7-19/h4-11,15,30H,2-3,12-13H2,1H3,(H,26,28)(H2,25,29,31). The van der Waals surface area contributed by atoms with E-state index in [2.05, 4.69) is 26.1 Å². The number of unbranched alkanes of at least 4 members (excludes halogenated alkanes) is 1. The molecule has 2 amide bonds. The van der Waals surface area contributed by atoms with Crippen LogP contribution in [0.15, 0.2) is 59.6 Å².